The summed E-state index contributed by atoms with van der Waals surface area (Å²) in [6.45, 7) is 1.44. The van der Waals surface area contributed by atoms with E-state index in [9.17, 15) is 4.79 Å². The van der Waals surface area contributed by atoms with Crippen LogP contribution in [0.3, 0.4) is 0 Å². The molecule has 2 aromatic rings. The van der Waals surface area contributed by atoms with Crippen LogP contribution in [0.25, 0.3) is 0 Å². The molecule has 1 saturated carbocycles. The Morgan fingerprint density at radius 1 is 1.18 bits per heavy atom. The van der Waals surface area contributed by atoms with Gasteiger partial charge in [-0.2, -0.15) is 0 Å². The van der Waals surface area contributed by atoms with E-state index in [-0.39, 0.29) is 5.41 Å². The Bertz CT molecular complexity index is 848. The number of guanidine groups is 1. The van der Waals surface area contributed by atoms with Gasteiger partial charge in [0.1, 0.15) is 0 Å². The molecular formula is C21H25ClN4O2. The van der Waals surface area contributed by atoms with E-state index in [4.69, 9.17) is 11.6 Å². The first kappa shape index (κ1) is 20.0. The average molecular weight is 401 g/mol. The van der Waals surface area contributed by atoms with Crippen LogP contribution in [0.15, 0.2) is 53.5 Å². The van der Waals surface area contributed by atoms with Crippen LogP contribution in [0.4, 0.5) is 10.5 Å². The molecule has 1 aliphatic rings. The third-order valence-corrected chi connectivity index (χ3v) is 5.19. The van der Waals surface area contributed by atoms with Crippen molar-refractivity contribution in [2.24, 2.45) is 4.99 Å². The van der Waals surface area contributed by atoms with Gasteiger partial charge in [-0.1, -0.05) is 35.9 Å². The molecule has 0 spiro atoms. The van der Waals surface area contributed by atoms with Gasteiger partial charge >= 0.3 is 6.09 Å². The molecule has 1 amide bonds. The second-order valence-corrected chi connectivity index (χ2v) is 7.32. The van der Waals surface area contributed by atoms with E-state index in [1.54, 1.807) is 7.05 Å². The van der Waals surface area contributed by atoms with Gasteiger partial charge in [0.15, 0.2) is 5.96 Å². The highest BCUT2D eigenvalue weighted by molar-refractivity contribution is 6.30. The van der Waals surface area contributed by atoms with Crippen molar-refractivity contribution >= 4 is 29.3 Å². The standard InChI is InChI=1S/C21H25ClN4O2/c1-23-19(24-13-15-6-8-18(9-7-15)26-20(27)28-2)25-14-21(10-11-21)16-4-3-5-17(22)12-16/h3-9,12H,10-11,13-14H2,1-2H3,(H,26,27)(H2,23,24,25). The Labute approximate surface area is 170 Å². The number of benzene rings is 2. The maximum absolute atomic E-state index is 11.2. The fraction of sp³-hybridized carbons (Fsp3) is 0.333. The summed E-state index contributed by atoms with van der Waals surface area (Å²) in [5.41, 5.74) is 3.19. The van der Waals surface area contributed by atoms with E-state index in [2.05, 4.69) is 37.8 Å². The third kappa shape index (κ3) is 5.16. The molecule has 1 aliphatic carbocycles. The van der Waals surface area contributed by atoms with Crippen molar-refractivity contribution < 1.29 is 9.53 Å². The molecule has 0 aliphatic heterocycles. The van der Waals surface area contributed by atoms with E-state index in [1.807, 2.05) is 36.4 Å². The normalized spacial score (nSPS) is 14.9. The zero-order valence-corrected chi connectivity index (χ0v) is 16.8. The molecule has 148 valence electrons. The lowest BCUT2D eigenvalue weighted by molar-refractivity contribution is 0.187. The number of hydrogen-bond donors (Lipinski definition) is 3. The van der Waals surface area contributed by atoms with Gasteiger partial charge in [0.2, 0.25) is 0 Å². The number of methoxy groups -OCH3 is 1. The highest BCUT2D eigenvalue weighted by atomic mass is 35.5. The molecule has 28 heavy (non-hydrogen) atoms. The molecule has 0 unspecified atom stereocenters. The Balaban J connectivity index is 1.51. The van der Waals surface area contributed by atoms with Gasteiger partial charge in [0.25, 0.3) is 0 Å². The number of aliphatic imine (C=N–C) groups is 1. The molecule has 2 aromatic carbocycles. The Morgan fingerprint density at radius 2 is 1.93 bits per heavy atom. The van der Waals surface area contributed by atoms with Gasteiger partial charge in [-0.05, 0) is 48.2 Å². The topological polar surface area (TPSA) is 74.8 Å². The van der Waals surface area contributed by atoms with E-state index in [0.717, 1.165) is 35.9 Å². The molecule has 6 nitrogen and oxygen atoms in total. The van der Waals surface area contributed by atoms with Crippen LogP contribution in [-0.4, -0.2) is 32.8 Å². The van der Waals surface area contributed by atoms with Crippen molar-refractivity contribution in [1.82, 2.24) is 10.6 Å². The molecule has 7 heteroatoms. The molecular weight excluding hydrogens is 376 g/mol. The first-order chi connectivity index (χ1) is 13.5. The fourth-order valence-corrected chi connectivity index (χ4v) is 3.26. The van der Waals surface area contributed by atoms with Crippen molar-refractivity contribution in [3.8, 4) is 0 Å². The maximum Gasteiger partial charge on any atom is 0.411 e. The molecule has 3 rings (SSSR count). The first-order valence-corrected chi connectivity index (χ1v) is 9.57. The van der Waals surface area contributed by atoms with Gasteiger partial charge in [0.05, 0.1) is 7.11 Å². The van der Waals surface area contributed by atoms with Crippen LogP contribution >= 0.6 is 11.6 Å². The van der Waals surface area contributed by atoms with Gasteiger partial charge in [-0.3, -0.25) is 10.3 Å². The SMILES string of the molecule is CN=C(NCc1ccc(NC(=O)OC)cc1)NCC1(c2cccc(Cl)c2)CC1. The summed E-state index contributed by atoms with van der Waals surface area (Å²) < 4.78 is 4.58. The van der Waals surface area contributed by atoms with E-state index >= 15 is 0 Å². The summed E-state index contributed by atoms with van der Waals surface area (Å²) in [4.78, 5) is 15.5. The Hall–Kier alpha value is -2.73. The minimum atomic E-state index is -0.482. The number of carbonyl (C=O) groups excluding carboxylic acids is 1. The number of carbonyl (C=O) groups is 1. The molecule has 0 aromatic heterocycles. The van der Waals surface area contributed by atoms with Crippen LogP contribution in [0, 0.1) is 0 Å². The third-order valence-electron chi connectivity index (χ3n) is 4.95. The smallest absolute Gasteiger partial charge is 0.411 e. The molecule has 0 atom stereocenters. The van der Waals surface area contributed by atoms with Crippen LogP contribution in [0.1, 0.15) is 24.0 Å². The summed E-state index contributed by atoms with van der Waals surface area (Å²) in [5, 5.41) is 10.2. The summed E-state index contributed by atoms with van der Waals surface area (Å²) in [6.07, 6.45) is 1.81. The van der Waals surface area contributed by atoms with Crippen LogP contribution in [0.5, 0.6) is 0 Å². The number of halogens is 1. The number of nitrogens with one attached hydrogen (secondary N) is 3. The number of anilines is 1. The number of hydrogen-bond acceptors (Lipinski definition) is 3. The Morgan fingerprint density at radius 3 is 2.54 bits per heavy atom. The second-order valence-electron chi connectivity index (χ2n) is 6.88. The molecule has 0 saturated heterocycles. The van der Waals surface area contributed by atoms with Crippen molar-refractivity contribution in [2.75, 3.05) is 26.0 Å². The monoisotopic (exact) mass is 400 g/mol. The highest BCUT2D eigenvalue weighted by Crippen LogP contribution is 2.48. The summed E-state index contributed by atoms with van der Waals surface area (Å²) in [5.74, 6) is 0.755. The van der Waals surface area contributed by atoms with Gasteiger partial charge in [0, 0.05) is 36.3 Å². The lowest BCUT2D eigenvalue weighted by Gasteiger charge is -2.19. The highest BCUT2D eigenvalue weighted by Gasteiger charge is 2.44. The van der Waals surface area contributed by atoms with E-state index < -0.39 is 6.09 Å². The molecule has 0 bridgehead atoms. The van der Waals surface area contributed by atoms with Crippen molar-refractivity contribution in [3.63, 3.8) is 0 Å². The molecule has 0 radical (unpaired) electrons. The summed E-state index contributed by atoms with van der Waals surface area (Å²) >= 11 is 6.15. The summed E-state index contributed by atoms with van der Waals surface area (Å²) in [6, 6.07) is 15.7. The number of nitrogens with zero attached hydrogens (tertiary/aromatic N) is 1. The predicted octanol–water partition coefficient (Wildman–Crippen LogP) is 3.92. The zero-order chi connectivity index (χ0) is 20.0. The average Bonchev–Trinajstić information content (AvgIpc) is 3.50. The lowest BCUT2D eigenvalue weighted by atomic mass is 9.96. The van der Waals surface area contributed by atoms with E-state index in [1.165, 1.54) is 12.7 Å². The fourth-order valence-electron chi connectivity index (χ4n) is 3.07. The van der Waals surface area contributed by atoms with Crippen LogP contribution < -0.4 is 16.0 Å². The molecule has 3 N–H and O–H groups in total. The Kier molecular flexibility index (Phi) is 6.41. The minimum Gasteiger partial charge on any atom is -0.453 e. The quantitative estimate of drug-likeness (QED) is 0.507. The number of amides is 1. The largest absolute Gasteiger partial charge is 0.453 e. The predicted molar refractivity (Wildman–Crippen MR) is 113 cm³/mol. The van der Waals surface area contributed by atoms with Crippen molar-refractivity contribution in [3.05, 3.63) is 64.7 Å². The molecule has 0 heterocycles. The van der Waals surface area contributed by atoms with E-state index in [0.29, 0.717) is 12.2 Å². The van der Waals surface area contributed by atoms with Crippen molar-refractivity contribution in [2.45, 2.75) is 24.8 Å². The second kappa shape index (κ2) is 8.97. The van der Waals surface area contributed by atoms with Crippen LogP contribution in [0.2, 0.25) is 5.02 Å². The number of rotatable bonds is 6. The summed E-state index contributed by atoms with van der Waals surface area (Å²) in [7, 11) is 3.10. The zero-order valence-electron chi connectivity index (χ0n) is 16.1. The van der Waals surface area contributed by atoms with Gasteiger partial charge in [-0.25, -0.2) is 4.79 Å². The van der Waals surface area contributed by atoms with Crippen LogP contribution in [-0.2, 0) is 16.7 Å². The van der Waals surface area contributed by atoms with Gasteiger partial charge in [-0.15, -0.1) is 0 Å². The van der Waals surface area contributed by atoms with Crippen molar-refractivity contribution in [1.29, 1.82) is 0 Å². The maximum atomic E-state index is 11.2. The van der Waals surface area contributed by atoms with Gasteiger partial charge < -0.3 is 15.4 Å². The first-order valence-electron chi connectivity index (χ1n) is 9.19. The lowest BCUT2D eigenvalue weighted by Crippen LogP contribution is -2.40. The minimum absolute atomic E-state index is 0.143. The number of ether oxygens (including phenoxy) is 1. The molecule has 1 fully saturated rings.